The molecule has 0 spiro atoms. The number of nitrogens with one attached hydrogen (secondary N) is 1. The van der Waals surface area contributed by atoms with Gasteiger partial charge in [0.15, 0.2) is 5.92 Å². The summed E-state index contributed by atoms with van der Waals surface area (Å²) < 4.78 is 14.2. The second kappa shape index (κ2) is 8.47. The van der Waals surface area contributed by atoms with E-state index in [0.717, 1.165) is 14.2 Å². The third-order valence-electron chi connectivity index (χ3n) is 3.87. The lowest BCUT2D eigenvalue weighted by molar-refractivity contribution is -0.162. The minimum absolute atomic E-state index is 0.253. The van der Waals surface area contributed by atoms with Gasteiger partial charge in [0.2, 0.25) is 11.8 Å². The summed E-state index contributed by atoms with van der Waals surface area (Å²) in [5.41, 5.74) is 5.32. The summed E-state index contributed by atoms with van der Waals surface area (Å²) in [6.07, 6.45) is 0.531. The quantitative estimate of drug-likeness (QED) is 0.432. The molecule has 130 valence electrons. The average Bonchev–Trinajstić information content (AvgIpc) is 3.05. The highest BCUT2D eigenvalue weighted by molar-refractivity contribution is 5.97. The van der Waals surface area contributed by atoms with Crippen LogP contribution in [0.15, 0.2) is 0 Å². The first-order chi connectivity index (χ1) is 10.8. The maximum atomic E-state index is 12.1. The van der Waals surface area contributed by atoms with Crippen LogP contribution >= 0.6 is 0 Å². The molecule has 0 saturated carbocycles. The molecule has 9 heteroatoms. The summed E-state index contributed by atoms with van der Waals surface area (Å²) in [5.74, 6) is -5.70. The number of primary amides is 1. The van der Waals surface area contributed by atoms with Gasteiger partial charge < -0.3 is 25.3 Å². The Kier molecular flexibility index (Phi) is 6.95. The van der Waals surface area contributed by atoms with Crippen molar-refractivity contribution in [2.45, 2.75) is 19.4 Å². The minimum Gasteiger partial charge on any atom is -0.468 e. The number of hydrogen-bond donors (Lipinski definition) is 2. The molecule has 0 aromatic rings. The zero-order valence-corrected chi connectivity index (χ0v) is 13.4. The number of esters is 2. The largest absolute Gasteiger partial charge is 0.468 e. The summed E-state index contributed by atoms with van der Waals surface area (Å²) in [6.45, 7) is 2.16. The number of nitrogens with two attached hydrogens (primary N) is 1. The highest BCUT2D eigenvalue weighted by atomic mass is 16.5. The van der Waals surface area contributed by atoms with E-state index in [4.69, 9.17) is 10.5 Å². The number of methoxy groups -OCH3 is 2. The van der Waals surface area contributed by atoms with Crippen LogP contribution in [0.3, 0.4) is 0 Å². The maximum Gasteiger partial charge on any atom is 0.320 e. The molecule has 0 aliphatic carbocycles. The van der Waals surface area contributed by atoms with Crippen LogP contribution in [0.4, 0.5) is 0 Å². The van der Waals surface area contributed by atoms with E-state index in [1.807, 2.05) is 0 Å². The Morgan fingerprint density at radius 1 is 1.17 bits per heavy atom. The molecule has 0 unspecified atom stereocenters. The van der Waals surface area contributed by atoms with Crippen molar-refractivity contribution in [2.75, 3.05) is 27.4 Å². The fourth-order valence-corrected chi connectivity index (χ4v) is 2.45. The summed E-state index contributed by atoms with van der Waals surface area (Å²) in [5, 5.41) is 2.49. The van der Waals surface area contributed by atoms with Gasteiger partial charge in [0.05, 0.1) is 26.7 Å². The van der Waals surface area contributed by atoms with Crippen molar-refractivity contribution < 1.29 is 33.4 Å². The van der Waals surface area contributed by atoms with Crippen molar-refractivity contribution in [3.8, 4) is 0 Å². The summed E-state index contributed by atoms with van der Waals surface area (Å²) >= 11 is 0. The first kappa shape index (κ1) is 18.9. The van der Waals surface area contributed by atoms with Crippen molar-refractivity contribution in [2.24, 2.45) is 23.5 Å². The van der Waals surface area contributed by atoms with E-state index in [2.05, 4.69) is 14.8 Å². The zero-order chi connectivity index (χ0) is 17.6. The topological polar surface area (TPSA) is 134 Å². The van der Waals surface area contributed by atoms with Crippen molar-refractivity contribution in [3.63, 3.8) is 0 Å². The summed E-state index contributed by atoms with van der Waals surface area (Å²) in [6, 6.07) is -1.22. The fourth-order valence-electron chi connectivity index (χ4n) is 2.45. The van der Waals surface area contributed by atoms with Crippen LogP contribution in [-0.4, -0.2) is 57.2 Å². The van der Waals surface area contributed by atoms with E-state index < -0.39 is 47.5 Å². The Morgan fingerprint density at radius 2 is 1.74 bits per heavy atom. The van der Waals surface area contributed by atoms with Gasteiger partial charge in [-0.1, -0.05) is 6.92 Å². The van der Waals surface area contributed by atoms with Gasteiger partial charge in [0, 0.05) is 12.5 Å². The molecule has 0 bridgehead atoms. The van der Waals surface area contributed by atoms with Crippen LogP contribution in [0.2, 0.25) is 0 Å². The first-order valence-electron chi connectivity index (χ1n) is 7.16. The Bertz CT molecular complexity index is 458. The van der Waals surface area contributed by atoms with Crippen LogP contribution < -0.4 is 11.1 Å². The molecule has 0 aromatic heterocycles. The van der Waals surface area contributed by atoms with Crippen LogP contribution in [0, 0.1) is 17.8 Å². The van der Waals surface area contributed by atoms with Crippen molar-refractivity contribution in [1.82, 2.24) is 5.32 Å². The van der Waals surface area contributed by atoms with Gasteiger partial charge in [-0.2, -0.15) is 0 Å². The predicted octanol–water partition coefficient (Wildman–Crippen LogP) is -1.41. The number of amides is 2. The van der Waals surface area contributed by atoms with Crippen LogP contribution in [-0.2, 0) is 33.4 Å². The molecule has 2 amide bonds. The zero-order valence-electron chi connectivity index (χ0n) is 13.4. The third kappa shape index (κ3) is 4.65. The number of rotatable bonds is 7. The molecule has 1 heterocycles. The molecule has 0 radical (unpaired) electrons. The van der Waals surface area contributed by atoms with Crippen LogP contribution in [0.1, 0.15) is 13.3 Å². The highest BCUT2D eigenvalue weighted by Crippen LogP contribution is 2.21. The van der Waals surface area contributed by atoms with Gasteiger partial charge >= 0.3 is 11.9 Å². The molecule has 0 aromatic carbocycles. The Hall–Kier alpha value is -2.16. The van der Waals surface area contributed by atoms with Gasteiger partial charge in [0.1, 0.15) is 6.04 Å². The molecule has 23 heavy (non-hydrogen) atoms. The second-order valence-corrected chi connectivity index (χ2v) is 5.33. The molecule has 1 saturated heterocycles. The van der Waals surface area contributed by atoms with E-state index in [1.165, 1.54) is 6.92 Å². The number of carbonyl (C=O) groups is 4. The SMILES string of the molecule is COC(=O)C(C(=O)OC)[C@H](C)[C@@H](NC(=O)[C@@H]1CCOC1)C(N)=O. The van der Waals surface area contributed by atoms with E-state index in [1.54, 1.807) is 0 Å². The molecule has 1 aliphatic heterocycles. The second-order valence-electron chi connectivity index (χ2n) is 5.33. The maximum absolute atomic E-state index is 12.1. The molecular weight excluding hydrogens is 308 g/mol. The smallest absolute Gasteiger partial charge is 0.320 e. The monoisotopic (exact) mass is 330 g/mol. The highest BCUT2D eigenvalue weighted by Gasteiger charge is 2.42. The minimum atomic E-state index is -1.37. The van der Waals surface area contributed by atoms with Gasteiger partial charge in [-0.3, -0.25) is 19.2 Å². The predicted molar refractivity (Wildman–Crippen MR) is 76.7 cm³/mol. The lowest BCUT2D eigenvalue weighted by Crippen LogP contribution is -2.54. The number of carbonyl (C=O) groups excluding carboxylic acids is 4. The molecule has 1 fully saturated rings. The van der Waals surface area contributed by atoms with E-state index in [9.17, 15) is 19.2 Å². The number of ether oxygens (including phenoxy) is 3. The Labute approximate surface area is 133 Å². The molecular formula is C14H22N2O7. The van der Waals surface area contributed by atoms with Gasteiger partial charge in [-0.05, 0) is 6.42 Å². The van der Waals surface area contributed by atoms with Crippen LogP contribution in [0.25, 0.3) is 0 Å². The standard InChI is InChI=1S/C14H22N2O7/c1-7(9(13(19)21-2)14(20)22-3)10(11(15)17)16-12(18)8-4-5-23-6-8/h7-10H,4-6H2,1-3H3,(H2,15,17)(H,16,18)/t7-,8+,10+/m0/s1. The lowest BCUT2D eigenvalue weighted by atomic mass is 9.86. The van der Waals surface area contributed by atoms with Crippen molar-refractivity contribution in [1.29, 1.82) is 0 Å². The van der Waals surface area contributed by atoms with E-state index >= 15 is 0 Å². The average molecular weight is 330 g/mol. The molecule has 1 aliphatic rings. The Morgan fingerprint density at radius 3 is 2.13 bits per heavy atom. The van der Waals surface area contributed by atoms with Gasteiger partial charge in [-0.15, -0.1) is 0 Å². The summed E-state index contributed by atoms with van der Waals surface area (Å²) in [4.78, 5) is 47.5. The normalized spacial score (nSPS) is 19.7. The van der Waals surface area contributed by atoms with E-state index in [-0.39, 0.29) is 6.61 Å². The van der Waals surface area contributed by atoms with Gasteiger partial charge in [0.25, 0.3) is 0 Å². The lowest BCUT2D eigenvalue weighted by Gasteiger charge is -2.27. The van der Waals surface area contributed by atoms with Crippen molar-refractivity contribution >= 4 is 23.8 Å². The van der Waals surface area contributed by atoms with Gasteiger partial charge in [-0.25, -0.2) is 0 Å². The van der Waals surface area contributed by atoms with E-state index in [0.29, 0.717) is 13.0 Å². The Balaban J connectivity index is 2.92. The number of hydrogen-bond acceptors (Lipinski definition) is 7. The van der Waals surface area contributed by atoms with Crippen LogP contribution in [0.5, 0.6) is 0 Å². The fraction of sp³-hybridized carbons (Fsp3) is 0.714. The molecule has 9 nitrogen and oxygen atoms in total. The first-order valence-corrected chi connectivity index (χ1v) is 7.16. The molecule has 3 N–H and O–H groups in total. The summed E-state index contributed by atoms with van der Waals surface area (Å²) in [7, 11) is 2.22. The van der Waals surface area contributed by atoms with Crippen molar-refractivity contribution in [3.05, 3.63) is 0 Å². The third-order valence-corrected chi connectivity index (χ3v) is 3.87. The molecule has 1 rings (SSSR count). The molecule has 3 atom stereocenters.